The number of carboxylic acids is 1. The molecule has 0 amide bonds. The Balaban J connectivity index is 1.99. The van der Waals surface area contributed by atoms with Crippen molar-refractivity contribution in [3.8, 4) is 0 Å². The molecule has 1 heterocycles. The minimum Gasteiger partial charge on any atom is -0.481 e. The van der Waals surface area contributed by atoms with Gasteiger partial charge in [0.2, 0.25) is 0 Å². The molecule has 0 aromatic rings. The highest BCUT2D eigenvalue weighted by molar-refractivity contribution is 5.74. The summed E-state index contributed by atoms with van der Waals surface area (Å²) in [6.45, 7) is 4.40. The summed E-state index contributed by atoms with van der Waals surface area (Å²) < 4.78 is 0. The van der Waals surface area contributed by atoms with Gasteiger partial charge in [-0.15, -0.1) is 0 Å². The molecule has 0 radical (unpaired) electrons. The number of hydrogen-bond donors (Lipinski definition) is 1. The van der Waals surface area contributed by atoms with Crippen molar-refractivity contribution in [3.63, 3.8) is 0 Å². The Morgan fingerprint density at radius 1 is 1.57 bits per heavy atom. The lowest BCUT2D eigenvalue weighted by Gasteiger charge is -2.34. The van der Waals surface area contributed by atoms with E-state index in [9.17, 15) is 4.79 Å². The number of rotatable bonds is 2. The number of piperidine rings is 1. The van der Waals surface area contributed by atoms with Crippen molar-refractivity contribution >= 4 is 5.97 Å². The molecule has 80 valence electrons. The first-order valence-corrected chi connectivity index (χ1v) is 5.45. The lowest BCUT2D eigenvalue weighted by molar-refractivity contribution is -0.139. The molecule has 1 saturated heterocycles. The molecule has 2 rings (SSSR count). The predicted octanol–water partition coefficient (Wildman–Crippen LogP) is 1.44. The highest BCUT2D eigenvalue weighted by Gasteiger charge is 2.59. The van der Waals surface area contributed by atoms with E-state index < -0.39 is 5.97 Å². The van der Waals surface area contributed by atoms with E-state index >= 15 is 0 Å². The fraction of sp³-hybridized carbons (Fsp3) is 0.909. The van der Waals surface area contributed by atoms with Crippen LogP contribution in [0, 0.1) is 17.3 Å². The Morgan fingerprint density at radius 3 is 2.79 bits per heavy atom. The van der Waals surface area contributed by atoms with Gasteiger partial charge >= 0.3 is 5.97 Å². The SMILES string of the molecule is CN1CCCC(C2(C)CC2C(=O)O)C1. The maximum absolute atomic E-state index is 10.9. The smallest absolute Gasteiger partial charge is 0.307 e. The number of carboxylic acid groups (broad SMARTS) is 1. The Kier molecular flexibility index (Phi) is 2.30. The molecular weight excluding hydrogens is 178 g/mol. The van der Waals surface area contributed by atoms with Crippen LogP contribution in [0.1, 0.15) is 26.2 Å². The molecule has 1 aliphatic heterocycles. The Labute approximate surface area is 85.1 Å². The molecule has 1 aliphatic carbocycles. The number of hydrogen-bond acceptors (Lipinski definition) is 2. The minimum absolute atomic E-state index is 0.0704. The summed E-state index contributed by atoms with van der Waals surface area (Å²) in [6.07, 6.45) is 3.33. The van der Waals surface area contributed by atoms with Crippen LogP contribution in [-0.2, 0) is 4.79 Å². The quantitative estimate of drug-likeness (QED) is 0.728. The van der Waals surface area contributed by atoms with Crippen LogP contribution in [0.4, 0.5) is 0 Å². The Bertz CT molecular complexity index is 254. The third kappa shape index (κ3) is 1.54. The summed E-state index contributed by atoms with van der Waals surface area (Å²) in [4.78, 5) is 13.2. The average Bonchev–Trinajstić information content (AvgIpc) is 2.80. The van der Waals surface area contributed by atoms with E-state index in [0.29, 0.717) is 5.92 Å². The summed E-state index contributed by atoms with van der Waals surface area (Å²) in [5.74, 6) is -0.0675. The number of likely N-dealkylation sites (tertiary alicyclic amines) is 1. The van der Waals surface area contributed by atoms with Gasteiger partial charge in [-0.25, -0.2) is 0 Å². The molecule has 2 fully saturated rings. The maximum atomic E-state index is 10.9. The van der Waals surface area contributed by atoms with Gasteiger partial charge in [0.05, 0.1) is 5.92 Å². The number of carbonyl (C=O) groups is 1. The summed E-state index contributed by atoms with van der Waals surface area (Å²) in [5, 5.41) is 8.97. The molecule has 0 aromatic heterocycles. The zero-order valence-corrected chi connectivity index (χ0v) is 8.99. The van der Waals surface area contributed by atoms with Crippen LogP contribution in [0.25, 0.3) is 0 Å². The fourth-order valence-electron chi connectivity index (χ4n) is 2.91. The second-order valence-corrected chi connectivity index (χ2v) is 5.20. The monoisotopic (exact) mass is 197 g/mol. The summed E-state index contributed by atoms with van der Waals surface area (Å²) in [5.41, 5.74) is 0.0977. The summed E-state index contributed by atoms with van der Waals surface area (Å²) in [7, 11) is 2.13. The molecule has 1 N–H and O–H groups in total. The second-order valence-electron chi connectivity index (χ2n) is 5.20. The highest BCUT2D eigenvalue weighted by Crippen LogP contribution is 2.59. The predicted molar refractivity (Wildman–Crippen MR) is 54.1 cm³/mol. The van der Waals surface area contributed by atoms with Crippen molar-refractivity contribution in [2.45, 2.75) is 26.2 Å². The molecule has 3 unspecified atom stereocenters. The zero-order valence-electron chi connectivity index (χ0n) is 8.99. The van der Waals surface area contributed by atoms with Crippen LogP contribution in [0.3, 0.4) is 0 Å². The number of nitrogens with zero attached hydrogens (tertiary/aromatic N) is 1. The normalized spacial score (nSPS) is 43.6. The van der Waals surface area contributed by atoms with E-state index in [4.69, 9.17) is 5.11 Å². The first-order chi connectivity index (χ1) is 6.54. The van der Waals surface area contributed by atoms with E-state index in [1.807, 2.05) is 0 Å². The van der Waals surface area contributed by atoms with Gasteiger partial charge < -0.3 is 10.0 Å². The fourth-order valence-corrected chi connectivity index (χ4v) is 2.91. The van der Waals surface area contributed by atoms with Gasteiger partial charge in [-0.3, -0.25) is 4.79 Å². The van der Waals surface area contributed by atoms with Gasteiger partial charge in [0.1, 0.15) is 0 Å². The molecular formula is C11H19NO2. The third-order valence-electron chi connectivity index (χ3n) is 4.14. The van der Waals surface area contributed by atoms with E-state index in [2.05, 4.69) is 18.9 Å². The van der Waals surface area contributed by atoms with Crippen LogP contribution in [0.15, 0.2) is 0 Å². The van der Waals surface area contributed by atoms with Crippen molar-refractivity contribution in [2.75, 3.05) is 20.1 Å². The van der Waals surface area contributed by atoms with Crippen molar-refractivity contribution < 1.29 is 9.90 Å². The minimum atomic E-state index is -0.597. The summed E-state index contributed by atoms with van der Waals surface area (Å²) >= 11 is 0. The molecule has 3 heteroatoms. The zero-order chi connectivity index (χ0) is 10.3. The molecule has 0 spiro atoms. The lowest BCUT2D eigenvalue weighted by Crippen LogP contribution is -2.36. The third-order valence-corrected chi connectivity index (χ3v) is 4.14. The van der Waals surface area contributed by atoms with Crippen LogP contribution < -0.4 is 0 Å². The van der Waals surface area contributed by atoms with E-state index in [1.54, 1.807) is 0 Å². The van der Waals surface area contributed by atoms with E-state index in [-0.39, 0.29) is 11.3 Å². The van der Waals surface area contributed by atoms with E-state index in [1.165, 1.54) is 19.4 Å². The van der Waals surface area contributed by atoms with Gasteiger partial charge in [-0.05, 0) is 44.2 Å². The van der Waals surface area contributed by atoms with Crippen LogP contribution >= 0.6 is 0 Å². The van der Waals surface area contributed by atoms with Gasteiger partial charge in [0, 0.05) is 6.54 Å². The van der Waals surface area contributed by atoms with Crippen LogP contribution in [-0.4, -0.2) is 36.1 Å². The largest absolute Gasteiger partial charge is 0.481 e. The number of aliphatic carboxylic acids is 1. The maximum Gasteiger partial charge on any atom is 0.307 e. The van der Waals surface area contributed by atoms with Crippen molar-refractivity contribution in [3.05, 3.63) is 0 Å². The molecule has 2 aliphatic rings. The molecule has 0 aromatic carbocycles. The van der Waals surface area contributed by atoms with Crippen molar-refractivity contribution in [2.24, 2.45) is 17.3 Å². The Hall–Kier alpha value is -0.570. The van der Waals surface area contributed by atoms with Crippen LogP contribution in [0.5, 0.6) is 0 Å². The van der Waals surface area contributed by atoms with E-state index in [0.717, 1.165) is 13.0 Å². The van der Waals surface area contributed by atoms with Crippen molar-refractivity contribution in [1.29, 1.82) is 0 Å². The standard InChI is InChI=1S/C11H19NO2/c1-11(6-9(11)10(13)14)8-4-3-5-12(2)7-8/h8-9H,3-7H2,1-2H3,(H,13,14). The lowest BCUT2D eigenvalue weighted by atomic mass is 9.82. The average molecular weight is 197 g/mol. The van der Waals surface area contributed by atoms with Crippen molar-refractivity contribution in [1.82, 2.24) is 4.90 Å². The Morgan fingerprint density at radius 2 is 2.29 bits per heavy atom. The molecule has 3 nitrogen and oxygen atoms in total. The molecule has 0 bridgehead atoms. The molecule has 3 atom stereocenters. The van der Waals surface area contributed by atoms with Gasteiger partial charge in [0.15, 0.2) is 0 Å². The van der Waals surface area contributed by atoms with Gasteiger partial charge in [-0.2, -0.15) is 0 Å². The van der Waals surface area contributed by atoms with Crippen LogP contribution in [0.2, 0.25) is 0 Å². The topological polar surface area (TPSA) is 40.5 Å². The highest BCUT2D eigenvalue weighted by atomic mass is 16.4. The molecule has 14 heavy (non-hydrogen) atoms. The van der Waals surface area contributed by atoms with Gasteiger partial charge in [0.25, 0.3) is 0 Å². The first kappa shape index (κ1) is 9.97. The summed E-state index contributed by atoms with van der Waals surface area (Å²) in [6, 6.07) is 0. The second kappa shape index (κ2) is 3.23. The van der Waals surface area contributed by atoms with Gasteiger partial charge in [-0.1, -0.05) is 6.92 Å². The first-order valence-electron chi connectivity index (χ1n) is 5.45. The molecule has 1 saturated carbocycles.